The molecule has 3 rings (SSSR count). The number of hydrogen-bond acceptors (Lipinski definition) is 4. The van der Waals surface area contributed by atoms with Gasteiger partial charge < -0.3 is 4.90 Å². The number of nitrogens with zero attached hydrogens (tertiary/aromatic N) is 5. The Morgan fingerprint density at radius 2 is 1.89 bits per heavy atom. The molecular formula is C19H18F3N5O. The van der Waals surface area contributed by atoms with Crippen molar-refractivity contribution in [3.63, 3.8) is 0 Å². The van der Waals surface area contributed by atoms with Crippen LogP contribution in [-0.4, -0.2) is 38.1 Å². The summed E-state index contributed by atoms with van der Waals surface area (Å²) in [7, 11) is 1.67. The highest BCUT2D eigenvalue weighted by Gasteiger charge is 2.30. The number of carbonyl (C=O) groups is 1. The molecule has 0 aliphatic heterocycles. The maximum atomic E-state index is 12.8. The predicted molar refractivity (Wildman–Crippen MR) is 95.9 cm³/mol. The van der Waals surface area contributed by atoms with Crippen molar-refractivity contribution in [1.82, 2.24) is 25.1 Å². The van der Waals surface area contributed by atoms with Gasteiger partial charge in [0.1, 0.15) is 6.54 Å². The Kier molecular flexibility index (Phi) is 5.43. The van der Waals surface area contributed by atoms with E-state index in [1.807, 2.05) is 31.2 Å². The average molecular weight is 389 g/mol. The number of benzene rings is 2. The van der Waals surface area contributed by atoms with E-state index in [4.69, 9.17) is 0 Å². The molecule has 0 atom stereocenters. The second kappa shape index (κ2) is 7.79. The first-order valence-corrected chi connectivity index (χ1v) is 8.48. The fourth-order valence-electron chi connectivity index (χ4n) is 2.63. The van der Waals surface area contributed by atoms with Gasteiger partial charge in [0.25, 0.3) is 0 Å². The maximum Gasteiger partial charge on any atom is 0.416 e. The molecule has 1 heterocycles. The van der Waals surface area contributed by atoms with Gasteiger partial charge in [-0.05, 0) is 35.4 Å². The molecular weight excluding hydrogens is 371 g/mol. The second-order valence-electron chi connectivity index (χ2n) is 6.40. The smallest absolute Gasteiger partial charge is 0.340 e. The SMILES string of the molecule is Cc1ccccc1CN(C)C(=O)Cn1nnc(-c2cccc(C(F)(F)F)c2)n1. The molecule has 0 radical (unpaired) electrons. The number of alkyl halides is 3. The topological polar surface area (TPSA) is 63.9 Å². The van der Waals surface area contributed by atoms with E-state index in [0.717, 1.165) is 28.1 Å². The number of rotatable bonds is 5. The Morgan fingerprint density at radius 3 is 2.61 bits per heavy atom. The van der Waals surface area contributed by atoms with Crippen molar-refractivity contribution in [2.45, 2.75) is 26.2 Å². The first-order valence-electron chi connectivity index (χ1n) is 8.48. The lowest BCUT2D eigenvalue weighted by molar-refractivity contribution is -0.137. The first-order chi connectivity index (χ1) is 13.2. The van der Waals surface area contributed by atoms with Gasteiger partial charge in [-0.25, -0.2) is 0 Å². The lowest BCUT2D eigenvalue weighted by atomic mass is 10.1. The van der Waals surface area contributed by atoms with Gasteiger partial charge in [-0.1, -0.05) is 36.4 Å². The number of carbonyl (C=O) groups excluding carboxylic acids is 1. The zero-order chi connectivity index (χ0) is 20.3. The van der Waals surface area contributed by atoms with Crippen LogP contribution in [0.15, 0.2) is 48.5 Å². The van der Waals surface area contributed by atoms with E-state index >= 15 is 0 Å². The van der Waals surface area contributed by atoms with E-state index in [1.165, 1.54) is 17.0 Å². The number of hydrogen-bond donors (Lipinski definition) is 0. The minimum atomic E-state index is -4.46. The molecule has 146 valence electrons. The van der Waals surface area contributed by atoms with Crippen molar-refractivity contribution in [2.75, 3.05) is 7.05 Å². The van der Waals surface area contributed by atoms with Crippen molar-refractivity contribution >= 4 is 5.91 Å². The van der Waals surface area contributed by atoms with Crippen LogP contribution < -0.4 is 0 Å². The Bertz CT molecular complexity index is 983. The second-order valence-corrected chi connectivity index (χ2v) is 6.40. The minimum Gasteiger partial charge on any atom is -0.340 e. The van der Waals surface area contributed by atoms with E-state index < -0.39 is 11.7 Å². The third kappa shape index (κ3) is 4.54. The number of halogens is 3. The molecule has 0 N–H and O–H groups in total. The molecule has 9 heteroatoms. The molecule has 0 aliphatic carbocycles. The van der Waals surface area contributed by atoms with Crippen LogP contribution in [0, 0.1) is 6.92 Å². The van der Waals surface area contributed by atoms with Gasteiger partial charge in [-0.2, -0.15) is 18.0 Å². The average Bonchev–Trinajstić information content (AvgIpc) is 3.11. The molecule has 0 fully saturated rings. The highest BCUT2D eigenvalue weighted by Crippen LogP contribution is 2.31. The Labute approximate surface area is 159 Å². The number of amides is 1. The zero-order valence-corrected chi connectivity index (χ0v) is 15.3. The highest BCUT2D eigenvalue weighted by molar-refractivity contribution is 5.75. The standard InChI is InChI=1S/C19H18F3N5O/c1-13-6-3-4-7-15(13)11-26(2)17(28)12-27-24-18(23-25-27)14-8-5-9-16(10-14)19(20,21)22/h3-10H,11-12H2,1-2H3. The summed E-state index contributed by atoms with van der Waals surface area (Å²) in [4.78, 5) is 15.0. The monoisotopic (exact) mass is 389 g/mol. The fourth-order valence-corrected chi connectivity index (χ4v) is 2.63. The Morgan fingerprint density at radius 1 is 1.14 bits per heavy atom. The van der Waals surface area contributed by atoms with Crippen molar-refractivity contribution in [2.24, 2.45) is 0 Å². The molecule has 0 saturated heterocycles. The largest absolute Gasteiger partial charge is 0.416 e. The van der Waals surface area contributed by atoms with Crippen LogP contribution in [-0.2, 0) is 24.1 Å². The third-order valence-corrected chi connectivity index (χ3v) is 4.27. The maximum absolute atomic E-state index is 12.8. The molecule has 0 bridgehead atoms. The molecule has 3 aromatic rings. The molecule has 1 aromatic heterocycles. The van der Waals surface area contributed by atoms with E-state index in [1.54, 1.807) is 7.05 Å². The van der Waals surface area contributed by atoms with Crippen LogP contribution in [0.25, 0.3) is 11.4 Å². The summed E-state index contributed by atoms with van der Waals surface area (Å²) in [5, 5.41) is 11.6. The molecule has 1 amide bonds. The molecule has 0 saturated carbocycles. The fraction of sp³-hybridized carbons (Fsp3) is 0.263. The van der Waals surface area contributed by atoms with Crippen LogP contribution in [0.1, 0.15) is 16.7 Å². The van der Waals surface area contributed by atoms with E-state index in [9.17, 15) is 18.0 Å². The van der Waals surface area contributed by atoms with Crippen molar-refractivity contribution < 1.29 is 18.0 Å². The highest BCUT2D eigenvalue weighted by atomic mass is 19.4. The predicted octanol–water partition coefficient (Wildman–Crippen LogP) is 3.33. The van der Waals surface area contributed by atoms with Crippen molar-refractivity contribution in [3.05, 3.63) is 65.2 Å². The molecule has 28 heavy (non-hydrogen) atoms. The lowest BCUT2D eigenvalue weighted by Gasteiger charge is -2.18. The summed E-state index contributed by atoms with van der Waals surface area (Å²) < 4.78 is 38.5. The van der Waals surface area contributed by atoms with Crippen molar-refractivity contribution in [1.29, 1.82) is 0 Å². The number of tetrazole rings is 1. The van der Waals surface area contributed by atoms with Crippen LogP contribution >= 0.6 is 0 Å². The third-order valence-electron chi connectivity index (χ3n) is 4.27. The molecule has 0 aliphatic rings. The van der Waals surface area contributed by atoms with Crippen LogP contribution in [0.3, 0.4) is 0 Å². The summed E-state index contributed by atoms with van der Waals surface area (Å²) >= 11 is 0. The van der Waals surface area contributed by atoms with Crippen LogP contribution in [0.5, 0.6) is 0 Å². The lowest BCUT2D eigenvalue weighted by Crippen LogP contribution is -2.30. The van der Waals surface area contributed by atoms with Gasteiger partial charge in [-0.15, -0.1) is 10.2 Å². The number of aryl methyl sites for hydroxylation is 1. The van der Waals surface area contributed by atoms with Gasteiger partial charge in [0, 0.05) is 19.2 Å². The molecule has 0 unspecified atom stereocenters. The molecule has 6 nitrogen and oxygen atoms in total. The zero-order valence-electron chi connectivity index (χ0n) is 15.3. The Hall–Kier alpha value is -3.23. The normalized spacial score (nSPS) is 11.5. The van der Waals surface area contributed by atoms with Gasteiger partial charge >= 0.3 is 6.18 Å². The summed E-state index contributed by atoms with van der Waals surface area (Å²) in [6, 6.07) is 12.4. The Balaban J connectivity index is 1.69. The van der Waals surface area contributed by atoms with Gasteiger partial charge in [-0.3, -0.25) is 4.79 Å². The van der Waals surface area contributed by atoms with Gasteiger partial charge in [0.2, 0.25) is 11.7 Å². The first kappa shape index (κ1) is 19.5. The summed E-state index contributed by atoms with van der Waals surface area (Å²) in [6.07, 6.45) is -4.46. The van der Waals surface area contributed by atoms with E-state index in [-0.39, 0.29) is 23.8 Å². The molecule has 0 spiro atoms. The summed E-state index contributed by atoms with van der Waals surface area (Å²) in [5.41, 5.74) is 1.49. The van der Waals surface area contributed by atoms with E-state index in [0.29, 0.717) is 6.54 Å². The van der Waals surface area contributed by atoms with Gasteiger partial charge in [0.15, 0.2) is 0 Å². The summed E-state index contributed by atoms with van der Waals surface area (Å²) in [6.45, 7) is 2.24. The van der Waals surface area contributed by atoms with Crippen LogP contribution in [0.4, 0.5) is 13.2 Å². The summed E-state index contributed by atoms with van der Waals surface area (Å²) in [5.74, 6) is -0.211. The van der Waals surface area contributed by atoms with E-state index in [2.05, 4.69) is 15.4 Å². The van der Waals surface area contributed by atoms with Crippen LogP contribution in [0.2, 0.25) is 0 Å². The van der Waals surface area contributed by atoms with Gasteiger partial charge in [0.05, 0.1) is 5.56 Å². The molecule has 2 aromatic carbocycles. The number of likely N-dealkylation sites (N-methyl/N-ethyl adjacent to an activating group) is 1. The minimum absolute atomic E-state index is 0.0282. The van der Waals surface area contributed by atoms with Crippen molar-refractivity contribution in [3.8, 4) is 11.4 Å². The quantitative estimate of drug-likeness (QED) is 0.672. The number of aromatic nitrogens is 4.